The zero-order chi connectivity index (χ0) is 27.7. The lowest BCUT2D eigenvalue weighted by atomic mass is 9.73. The predicted molar refractivity (Wildman–Crippen MR) is 138 cm³/mol. The van der Waals surface area contributed by atoms with E-state index in [1.807, 2.05) is 6.20 Å². The molecule has 2 heterocycles. The van der Waals surface area contributed by atoms with Crippen molar-refractivity contribution >= 4 is 5.91 Å². The predicted octanol–water partition coefficient (Wildman–Crippen LogP) is 5.16. The van der Waals surface area contributed by atoms with Crippen molar-refractivity contribution in [1.82, 2.24) is 15.6 Å². The van der Waals surface area contributed by atoms with Gasteiger partial charge in [-0.05, 0) is 61.3 Å². The Morgan fingerprint density at radius 3 is 2.63 bits per heavy atom. The Morgan fingerprint density at radius 2 is 2.00 bits per heavy atom. The molecule has 3 atom stereocenters. The van der Waals surface area contributed by atoms with Crippen LogP contribution in [0.15, 0.2) is 37.1 Å². The van der Waals surface area contributed by atoms with Crippen molar-refractivity contribution in [3.8, 4) is 5.88 Å². The molecule has 1 spiro atoms. The molecule has 6 nitrogen and oxygen atoms in total. The number of fused-ring (bicyclic) bond motifs is 1. The lowest BCUT2D eigenvalue weighted by molar-refractivity contribution is -0.0420. The third-order valence-electron chi connectivity index (χ3n) is 7.25. The van der Waals surface area contributed by atoms with E-state index >= 15 is 0 Å². The summed E-state index contributed by atoms with van der Waals surface area (Å²) in [6, 6.07) is 2.36. The molecule has 38 heavy (non-hydrogen) atoms. The first-order chi connectivity index (χ1) is 17.9. The van der Waals surface area contributed by atoms with E-state index in [1.54, 1.807) is 0 Å². The highest BCUT2D eigenvalue weighted by atomic mass is 19.2. The van der Waals surface area contributed by atoms with Crippen molar-refractivity contribution in [3.05, 3.63) is 71.2 Å². The highest BCUT2D eigenvalue weighted by Gasteiger charge is 2.46. The van der Waals surface area contributed by atoms with E-state index in [0.29, 0.717) is 24.4 Å². The molecule has 2 aromatic rings. The summed E-state index contributed by atoms with van der Waals surface area (Å²) in [4.78, 5) is 17.3. The molecule has 1 aliphatic heterocycles. The highest BCUT2D eigenvalue weighted by molar-refractivity contribution is 5.95. The van der Waals surface area contributed by atoms with Gasteiger partial charge in [0.2, 0.25) is 5.88 Å². The number of hydrogen-bond acceptors (Lipinski definition) is 5. The minimum atomic E-state index is -1.57. The maximum absolute atomic E-state index is 14.1. The minimum Gasteiger partial charge on any atom is -0.471 e. The maximum atomic E-state index is 14.1. The molecule has 0 radical (unpaired) electrons. The zero-order valence-electron chi connectivity index (χ0n) is 22.1. The fourth-order valence-electron chi connectivity index (χ4n) is 5.22. The number of aliphatic hydroxyl groups excluding tert-OH is 1. The fourth-order valence-corrected chi connectivity index (χ4v) is 5.22. The summed E-state index contributed by atoms with van der Waals surface area (Å²) in [6.07, 6.45) is 6.85. The number of pyridine rings is 1. The molecule has 1 fully saturated rings. The molecule has 0 bridgehead atoms. The van der Waals surface area contributed by atoms with Gasteiger partial charge in [-0.3, -0.25) is 4.79 Å². The van der Waals surface area contributed by atoms with Crippen LogP contribution in [0, 0.1) is 22.9 Å². The first-order valence-corrected chi connectivity index (χ1v) is 13.1. The van der Waals surface area contributed by atoms with Gasteiger partial charge in [-0.25, -0.2) is 18.2 Å². The Morgan fingerprint density at radius 1 is 1.29 bits per heavy atom. The van der Waals surface area contributed by atoms with Gasteiger partial charge < -0.3 is 20.5 Å². The third-order valence-corrected chi connectivity index (χ3v) is 7.25. The lowest BCUT2D eigenvalue weighted by Crippen LogP contribution is -2.52. The minimum absolute atomic E-state index is 0.0798. The number of benzene rings is 1. The Labute approximate surface area is 221 Å². The first-order valence-electron chi connectivity index (χ1n) is 13.1. The molecule has 0 unspecified atom stereocenters. The molecule has 206 valence electrons. The molecule has 1 saturated carbocycles. The molecular weight excluding hydrogens is 495 g/mol. The summed E-state index contributed by atoms with van der Waals surface area (Å²) in [5, 5.41) is 16.8. The average Bonchev–Trinajstić information content (AvgIpc) is 2.82. The van der Waals surface area contributed by atoms with Crippen LogP contribution in [0.25, 0.3) is 0 Å². The lowest BCUT2D eigenvalue weighted by Gasteiger charge is -2.47. The highest BCUT2D eigenvalue weighted by Crippen LogP contribution is 2.48. The zero-order valence-corrected chi connectivity index (χ0v) is 22.1. The number of carbonyl (C=O) groups excluding carboxylic acids is 1. The summed E-state index contributed by atoms with van der Waals surface area (Å²) in [7, 11) is 0. The summed E-state index contributed by atoms with van der Waals surface area (Å²) < 4.78 is 48.2. The molecule has 1 amide bonds. The molecular formula is C29H36F3N3O3. The van der Waals surface area contributed by atoms with Crippen molar-refractivity contribution in [2.45, 2.75) is 83.1 Å². The topological polar surface area (TPSA) is 83.5 Å². The van der Waals surface area contributed by atoms with Gasteiger partial charge in [-0.15, -0.1) is 6.58 Å². The standard InChI is InChI=1S/C29H36F3N3O3/c1-5-7-21(35-26(37)24-19(30)8-9-20(31)25(24)32)23(36)16-33-22-14-29(10-6-11-29)38-27-18(22)12-17(15-34-27)13-28(2,3)4/h5,8-9,12,15,21-23,33,36H,1,6-7,10-11,13-14,16H2,2-4H3,(H,35,37)/t21-,22-,23+/m0/s1. The van der Waals surface area contributed by atoms with Gasteiger partial charge in [0.1, 0.15) is 17.0 Å². The summed E-state index contributed by atoms with van der Waals surface area (Å²) in [6.45, 7) is 10.2. The third kappa shape index (κ3) is 6.21. The number of halogens is 3. The van der Waals surface area contributed by atoms with Crippen LogP contribution in [0.4, 0.5) is 13.2 Å². The molecule has 1 aromatic carbocycles. The Hall–Kier alpha value is -2.91. The van der Waals surface area contributed by atoms with Gasteiger partial charge in [0.25, 0.3) is 5.91 Å². The molecule has 0 saturated heterocycles. The fraction of sp³-hybridized carbons (Fsp3) is 0.517. The number of rotatable bonds is 9. The maximum Gasteiger partial charge on any atom is 0.257 e. The van der Waals surface area contributed by atoms with Crippen molar-refractivity contribution in [1.29, 1.82) is 0 Å². The van der Waals surface area contributed by atoms with Crippen LogP contribution in [-0.4, -0.2) is 40.3 Å². The number of nitrogens with one attached hydrogen (secondary N) is 2. The molecule has 2 aliphatic rings. The monoisotopic (exact) mass is 531 g/mol. The van der Waals surface area contributed by atoms with Gasteiger partial charge in [0.05, 0.1) is 12.1 Å². The van der Waals surface area contributed by atoms with Gasteiger partial charge in [0, 0.05) is 30.8 Å². The van der Waals surface area contributed by atoms with Crippen LogP contribution < -0.4 is 15.4 Å². The smallest absolute Gasteiger partial charge is 0.257 e. The van der Waals surface area contributed by atoms with Crippen molar-refractivity contribution in [3.63, 3.8) is 0 Å². The second-order valence-electron chi connectivity index (χ2n) is 11.7. The van der Waals surface area contributed by atoms with E-state index in [1.165, 1.54) is 6.08 Å². The number of hydrogen-bond donors (Lipinski definition) is 3. The Balaban J connectivity index is 1.50. The van der Waals surface area contributed by atoms with E-state index in [4.69, 9.17) is 4.74 Å². The summed E-state index contributed by atoms with van der Waals surface area (Å²) >= 11 is 0. The number of carbonyl (C=O) groups is 1. The van der Waals surface area contributed by atoms with Crippen LogP contribution in [0.3, 0.4) is 0 Å². The molecule has 4 rings (SSSR count). The quantitative estimate of drug-likeness (QED) is 0.308. The van der Waals surface area contributed by atoms with Crippen LogP contribution in [-0.2, 0) is 6.42 Å². The summed E-state index contributed by atoms with van der Waals surface area (Å²) in [5.74, 6) is -4.65. The van der Waals surface area contributed by atoms with Gasteiger partial charge in [0.15, 0.2) is 11.6 Å². The number of ether oxygens (including phenoxy) is 1. The number of aromatic nitrogens is 1. The van der Waals surface area contributed by atoms with Gasteiger partial charge >= 0.3 is 0 Å². The molecule has 3 N–H and O–H groups in total. The van der Waals surface area contributed by atoms with Gasteiger partial charge in [-0.1, -0.05) is 26.8 Å². The average molecular weight is 532 g/mol. The largest absolute Gasteiger partial charge is 0.471 e. The van der Waals surface area contributed by atoms with E-state index in [-0.39, 0.29) is 30.0 Å². The second kappa shape index (κ2) is 11.1. The van der Waals surface area contributed by atoms with Crippen LogP contribution in [0.1, 0.15) is 80.4 Å². The van der Waals surface area contributed by atoms with Crippen molar-refractivity contribution in [2.24, 2.45) is 5.41 Å². The molecule has 1 aliphatic carbocycles. The van der Waals surface area contributed by atoms with Crippen molar-refractivity contribution < 1.29 is 27.8 Å². The van der Waals surface area contributed by atoms with Crippen molar-refractivity contribution in [2.75, 3.05) is 6.54 Å². The number of amides is 1. The normalized spacial score (nSPS) is 19.6. The van der Waals surface area contributed by atoms with E-state index < -0.39 is 41.1 Å². The SMILES string of the molecule is C=CC[C@H](NC(=O)c1c(F)ccc(F)c1F)[C@H](O)CN[C@H]1CC2(CCC2)Oc2ncc(CC(C)(C)C)cc21. The summed E-state index contributed by atoms with van der Waals surface area (Å²) in [5.41, 5.74) is 0.783. The molecule has 1 aromatic heterocycles. The number of aliphatic hydroxyl groups is 1. The first kappa shape index (κ1) is 28.1. The molecule has 9 heteroatoms. The van der Waals surface area contributed by atoms with Gasteiger partial charge in [-0.2, -0.15) is 0 Å². The second-order valence-corrected chi connectivity index (χ2v) is 11.7. The van der Waals surface area contributed by atoms with Crippen LogP contribution >= 0.6 is 0 Å². The van der Waals surface area contributed by atoms with Crippen LogP contribution in [0.5, 0.6) is 5.88 Å². The Bertz CT molecular complexity index is 1190. The Kier molecular flexibility index (Phi) is 8.18. The van der Waals surface area contributed by atoms with E-state index in [9.17, 15) is 23.1 Å². The van der Waals surface area contributed by atoms with E-state index in [2.05, 4.69) is 49.0 Å². The van der Waals surface area contributed by atoms with E-state index in [0.717, 1.165) is 36.8 Å². The number of nitrogens with zero attached hydrogens (tertiary/aromatic N) is 1. The van der Waals surface area contributed by atoms with Crippen LogP contribution in [0.2, 0.25) is 0 Å².